The Balaban J connectivity index is 2.87. The van der Waals surface area contributed by atoms with E-state index in [9.17, 15) is 4.79 Å². The van der Waals surface area contributed by atoms with Crippen molar-refractivity contribution in [2.45, 2.75) is 6.42 Å². The first kappa shape index (κ1) is 7.74. The number of aromatic nitrogens is 2. The molecule has 5 heteroatoms. The van der Waals surface area contributed by atoms with E-state index >= 15 is 0 Å². The standard InChI is InChI=1S/C6H9N3O2/c7-6(11)5-4(1-2-10)8-3-9-5/h3,10H,1-2H2,(H2,7,11)(H,8,9). The zero-order valence-electron chi connectivity index (χ0n) is 5.87. The molecule has 0 radical (unpaired) electrons. The van der Waals surface area contributed by atoms with Crippen LogP contribution >= 0.6 is 0 Å². The molecule has 0 bridgehead atoms. The monoisotopic (exact) mass is 155 g/mol. The number of rotatable bonds is 3. The van der Waals surface area contributed by atoms with Crippen molar-refractivity contribution in [3.63, 3.8) is 0 Å². The van der Waals surface area contributed by atoms with Gasteiger partial charge >= 0.3 is 0 Å². The maximum atomic E-state index is 10.6. The Bertz CT molecular complexity index is 256. The number of hydrogen-bond donors (Lipinski definition) is 3. The van der Waals surface area contributed by atoms with Crippen LogP contribution in [0.25, 0.3) is 0 Å². The van der Waals surface area contributed by atoms with E-state index in [-0.39, 0.29) is 12.3 Å². The van der Waals surface area contributed by atoms with Crippen LogP contribution < -0.4 is 5.73 Å². The lowest BCUT2D eigenvalue weighted by Crippen LogP contribution is -2.14. The fourth-order valence-electron chi connectivity index (χ4n) is 0.836. The van der Waals surface area contributed by atoms with Crippen LogP contribution in [-0.2, 0) is 6.42 Å². The topological polar surface area (TPSA) is 92.0 Å². The molecule has 0 unspecified atom stereocenters. The van der Waals surface area contributed by atoms with Gasteiger partial charge in [-0.15, -0.1) is 0 Å². The second-order valence-corrected chi connectivity index (χ2v) is 2.07. The van der Waals surface area contributed by atoms with Crippen LogP contribution in [-0.4, -0.2) is 27.6 Å². The summed E-state index contributed by atoms with van der Waals surface area (Å²) >= 11 is 0. The highest BCUT2D eigenvalue weighted by Gasteiger charge is 2.09. The van der Waals surface area contributed by atoms with Crippen molar-refractivity contribution in [2.24, 2.45) is 5.73 Å². The molecule has 1 rings (SSSR count). The molecule has 0 aliphatic rings. The first-order chi connectivity index (χ1) is 5.25. The van der Waals surface area contributed by atoms with Gasteiger partial charge in [0.05, 0.1) is 6.33 Å². The minimum absolute atomic E-state index is 0.0253. The molecule has 0 saturated heterocycles. The molecular weight excluding hydrogens is 146 g/mol. The molecule has 5 nitrogen and oxygen atoms in total. The SMILES string of the molecule is NC(=O)c1nc[nH]c1CCO. The molecule has 0 saturated carbocycles. The summed E-state index contributed by atoms with van der Waals surface area (Å²) in [5.74, 6) is -0.574. The third kappa shape index (κ3) is 1.56. The lowest BCUT2D eigenvalue weighted by atomic mass is 10.2. The largest absolute Gasteiger partial charge is 0.396 e. The molecule has 11 heavy (non-hydrogen) atoms. The number of aliphatic hydroxyl groups excluding tert-OH is 1. The van der Waals surface area contributed by atoms with Gasteiger partial charge in [-0.1, -0.05) is 0 Å². The Hall–Kier alpha value is -1.36. The number of nitrogens with one attached hydrogen (secondary N) is 1. The van der Waals surface area contributed by atoms with E-state index in [1.54, 1.807) is 0 Å². The number of imidazole rings is 1. The van der Waals surface area contributed by atoms with Gasteiger partial charge in [0.1, 0.15) is 5.69 Å². The Labute approximate surface area is 63.3 Å². The number of H-pyrrole nitrogens is 1. The summed E-state index contributed by atoms with van der Waals surface area (Å²) in [6.07, 6.45) is 1.75. The van der Waals surface area contributed by atoms with Crippen molar-refractivity contribution in [1.29, 1.82) is 0 Å². The summed E-state index contributed by atoms with van der Waals surface area (Å²) in [5.41, 5.74) is 5.78. The lowest BCUT2D eigenvalue weighted by molar-refractivity contribution is 0.0995. The van der Waals surface area contributed by atoms with Gasteiger partial charge in [-0.3, -0.25) is 4.79 Å². The van der Waals surface area contributed by atoms with E-state index in [1.807, 2.05) is 0 Å². The first-order valence-corrected chi connectivity index (χ1v) is 3.18. The van der Waals surface area contributed by atoms with Gasteiger partial charge in [0.15, 0.2) is 0 Å². The maximum Gasteiger partial charge on any atom is 0.269 e. The molecular formula is C6H9N3O2. The number of amides is 1. The Morgan fingerprint density at radius 1 is 1.82 bits per heavy atom. The molecule has 1 aromatic rings. The Kier molecular flexibility index (Phi) is 2.22. The molecule has 1 amide bonds. The minimum atomic E-state index is -0.574. The Morgan fingerprint density at radius 3 is 3.09 bits per heavy atom. The third-order valence-corrected chi connectivity index (χ3v) is 1.31. The van der Waals surface area contributed by atoms with Crippen molar-refractivity contribution in [1.82, 2.24) is 9.97 Å². The molecule has 0 atom stereocenters. The van der Waals surface area contributed by atoms with Gasteiger partial charge in [0.2, 0.25) is 0 Å². The van der Waals surface area contributed by atoms with Gasteiger partial charge in [0.25, 0.3) is 5.91 Å². The van der Waals surface area contributed by atoms with Gasteiger partial charge in [-0.25, -0.2) is 4.98 Å². The molecule has 0 aromatic carbocycles. The summed E-state index contributed by atoms with van der Waals surface area (Å²) in [6.45, 7) is -0.0253. The van der Waals surface area contributed by atoms with Crippen LogP contribution in [0, 0.1) is 0 Å². The van der Waals surface area contributed by atoms with Crippen molar-refractivity contribution in [2.75, 3.05) is 6.61 Å². The third-order valence-electron chi connectivity index (χ3n) is 1.31. The summed E-state index contributed by atoms with van der Waals surface area (Å²) < 4.78 is 0. The van der Waals surface area contributed by atoms with Crippen LogP contribution in [0.3, 0.4) is 0 Å². The number of carbonyl (C=O) groups excluding carboxylic acids is 1. The second kappa shape index (κ2) is 3.16. The predicted octanol–water partition coefficient (Wildman–Crippen LogP) is -0.957. The van der Waals surface area contributed by atoms with Gasteiger partial charge in [-0.05, 0) is 0 Å². The summed E-state index contributed by atoms with van der Waals surface area (Å²) in [4.78, 5) is 17.0. The van der Waals surface area contributed by atoms with Crippen molar-refractivity contribution < 1.29 is 9.90 Å². The highest BCUT2D eigenvalue weighted by molar-refractivity contribution is 5.91. The summed E-state index contributed by atoms with van der Waals surface area (Å²) in [5, 5.41) is 8.54. The number of aliphatic hydroxyl groups is 1. The number of carbonyl (C=O) groups is 1. The van der Waals surface area contributed by atoms with Crippen molar-refractivity contribution in [3.05, 3.63) is 17.7 Å². The summed E-state index contributed by atoms with van der Waals surface area (Å²) in [7, 11) is 0. The van der Waals surface area contributed by atoms with Crippen LogP contribution in [0.1, 0.15) is 16.2 Å². The van der Waals surface area contributed by atoms with Crippen LogP contribution in [0.5, 0.6) is 0 Å². The number of hydrogen-bond acceptors (Lipinski definition) is 3. The van der Waals surface area contributed by atoms with E-state index in [0.717, 1.165) is 0 Å². The van der Waals surface area contributed by atoms with Crippen LogP contribution in [0.2, 0.25) is 0 Å². The molecule has 4 N–H and O–H groups in total. The van der Waals surface area contributed by atoms with Gasteiger partial charge in [-0.2, -0.15) is 0 Å². The van der Waals surface area contributed by atoms with Crippen LogP contribution in [0.4, 0.5) is 0 Å². The Morgan fingerprint density at radius 2 is 2.55 bits per heavy atom. The fraction of sp³-hybridized carbons (Fsp3) is 0.333. The molecule has 0 aliphatic heterocycles. The maximum absolute atomic E-state index is 10.6. The minimum Gasteiger partial charge on any atom is -0.396 e. The number of primary amides is 1. The van der Waals surface area contributed by atoms with Crippen molar-refractivity contribution in [3.8, 4) is 0 Å². The molecule has 1 heterocycles. The number of nitrogens with two attached hydrogens (primary N) is 1. The average Bonchev–Trinajstić information content (AvgIpc) is 2.36. The number of aromatic amines is 1. The quantitative estimate of drug-likeness (QED) is 0.525. The smallest absolute Gasteiger partial charge is 0.269 e. The van der Waals surface area contributed by atoms with E-state index in [2.05, 4.69) is 9.97 Å². The molecule has 0 aliphatic carbocycles. The average molecular weight is 155 g/mol. The zero-order valence-corrected chi connectivity index (χ0v) is 5.87. The van der Waals surface area contributed by atoms with E-state index in [1.165, 1.54) is 6.33 Å². The normalized spacial score (nSPS) is 9.91. The summed E-state index contributed by atoms with van der Waals surface area (Å²) in [6, 6.07) is 0. The number of nitrogens with zero attached hydrogens (tertiary/aromatic N) is 1. The lowest BCUT2D eigenvalue weighted by Gasteiger charge is -1.94. The highest BCUT2D eigenvalue weighted by Crippen LogP contribution is 2.01. The fourth-order valence-corrected chi connectivity index (χ4v) is 0.836. The van der Waals surface area contributed by atoms with E-state index < -0.39 is 5.91 Å². The predicted molar refractivity (Wildman–Crippen MR) is 37.9 cm³/mol. The zero-order chi connectivity index (χ0) is 8.27. The highest BCUT2D eigenvalue weighted by atomic mass is 16.3. The molecule has 60 valence electrons. The van der Waals surface area contributed by atoms with E-state index in [4.69, 9.17) is 10.8 Å². The van der Waals surface area contributed by atoms with Crippen molar-refractivity contribution >= 4 is 5.91 Å². The second-order valence-electron chi connectivity index (χ2n) is 2.07. The van der Waals surface area contributed by atoms with Gasteiger partial charge in [0, 0.05) is 18.7 Å². The molecule has 1 aromatic heterocycles. The first-order valence-electron chi connectivity index (χ1n) is 3.18. The van der Waals surface area contributed by atoms with Crippen LogP contribution in [0.15, 0.2) is 6.33 Å². The van der Waals surface area contributed by atoms with E-state index in [0.29, 0.717) is 12.1 Å². The van der Waals surface area contributed by atoms with Gasteiger partial charge < -0.3 is 15.8 Å². The molecule has 0 spiro atoms. The molecule has 0 fully saturated rings.